The van der Waals surface area contributed by atoms with Crippen molar-refractivity contribution in [2.24, 2.45) is 0 Å². The molecule has 2 aromatic heterocycles. The zero-order valence-corrected chi connectivity index (χ0v) is 19.4. The maximum atomic E-state index is 12.1. The molecule has 2 aliphatic rings. The molecule has 1 aromatic carbocycles. The number of sulfone groups is 1. The highest BCUT2D eigenvalue weighted by Crippen LogP contribution is 2.31. The maximum absolute atomic E-state index is 12.1. The number of nitrogens with one attached hydrogen (secondary N) is 3. The molecule has 33 heavy (non-hydrogen) atoms. The minimum absolute atomic E-state index is 0.0511. The van der Waals surface area contributed by atoms with Crippen molar-refractivity contribution in [2.75, 3.05) is 41.9 Å². The second-order valence-corrected chi connectivity index (χ2v) is 11.0. The number of aromatic nitrogens is 3. The van der Waals surface area contributed by atoms with E-state index in [1.54, 1.807) is 4.52 Å². The van der Waals surface area contributed by atoms with Crippen molar-refractivity contribution in [1.29, 1.82) is 5.26 Å². The normalized spacial score (nSPS) is 16.3. The van der Waals surface area contributed by atoms with E-state index in [2.05, 4.69) is 37.0 Å². The number of nitrogens with zero attached hydrogens (tertiary/aromatic N) is 5. The summed E-state index contributed by atoms with van der Waals surface area (Å²) in [5, 5.41) is 23.7. The highest BCUT2D eigenvalue weighted by Gasteiger charge is 2.25. The Bertz CT molecular complexity index is 1350. The van der Waals surface area contributed by atoms with E-state index in [0.717, 1.165) is 48.7 Å². The number of rotatable bonds is 8. The van der Waals surface area contributed by atoms with E-state index in [0.29, 0.717) is 29.1 Å². The van der Waals surface area contributed by atoms with Crippen LogP contribution < -0.4 is 20.9 Å². The quantitative estimate of drug-likeness (QED) is 0.456. The van der Waals surface area contributed by atoms with Gasteiger partial charge in [-0.1, -0.05) is 0 Å². The van der Waals surface area contributed by atoms with Crippen LogP contribution in [-0.2, 0) is 15.6 Å². The number of likely N-dealkylation sites (N-methyl/N-ethyl adjacent to an activating group) is 1. The molecule has 1 aliphatic heterocycles. The lowest BCUT2D eigenvalue weighted by molar-refractivity contribution is 0.428. The van der Waals surface area contributed by atoms with Crippen LogP contribution in [0.3, 0.4) is 0 Å². The second kappa shape index (κ2) is 8.20. The third-order valence-electron chi connectivity index (χ3n) is 5.98. The molecule has 0 unspecified atom stereocenters. The Morgan fingerprint density at radius 1 is 1.30 bits per heavy atom. The molecule has 5 rings (SSSR count). The Kier molecular flexibility index (Phi) is 5.34. The van der Waals surface area contributed by atoms with E-state index in [4.69, 9.17) is 0 Å². The summed E-state index contributed by atoms with van der Waals surface area (Å²) < 4.78 is 25.9. The molecule has 0 atom stereocenters. The van der Waals surface area contributed by atoms with Crippen molar-refractivity contribution < 1.29 is 8.42 Å². The van der Waals surface area contributed by atoms with Crippen LogP contribution in [0.5, 0.6) is 0 Å². The van der Waals surface area contributed by atoms with Crippen LogP contribution in [0.4, 0.5) is 23.0 Å². The third-order valence-corrected chi connectivity index (χ3v) is 6.81. The van der Waals surface area contributed by atoms with Gasteiger partial charge in [-0.3, -0.25) is 0 Å². The van der Waals surface area contributed by atoms with Crippen molar-refractivity contribution in [3.8, 4) is 6.07 Å². The number of anilines is 4. The fourth-order valence-corrected chi connectivity index (χ4v) is 4.74. The van der Waals surface area contributed by atoms with Gasteiger partial charge in [-0.15, -0.1) is 0 Å². The average molecular weight is 467 g/mol. The van der Waals surface area contributed by atoms with Gasteiger partial charge in [0.1, 0.15) is 23.3 Å². The molecule has 3 N–H and O–H groups in total. The molecule has 172 valence electrons. The van der Waals surface area contributed by atoms with Gasteiger partial charge in [0.15, 0.2) is 15.5 Å². The summed E-state index contributed by atoms with van der Waals surface area (Å²) in [7, 11) is -1.23. The Morgan fingerprint density at radius 2 is 2.09 bits per heavy atom. The Morgan fingerprint density at radius 3 is 2.73 bits per heavy atom. The zero-order chi connectivity index (χ0) is 23.2. The Labute approximate surface area is 192 Å². The number of benzene rings is 1. The first kappa shape index (κ1) is 21.5. The molecule has 0 spiro atoms. The molecule has 0 radical (unpaired) electrons. The van der Waals surface area contributed by atoms with E-state index in [-0.39, 0.29) is 5.75 Å². The molecule has 11 heteroatoms. The second-order valence-electron chi connectivity index (χ2n) is 8.81. The largest absolute Gasteiger partial charge is 0.369 e. The molecule has 1 saturated heterocycles. The molecule has 2 fully saturated rings. The van der Waals surface area contributed by atoms with Gasteiger partial charge >= 0.3 is 0 Å². The molecular weight excluding hydrogens is 440 g/mol. The van der Waals surface area contributed by atoms with Crippen LogP contribution in [0.2, 0.25) is 0 Å². The lowest BCUT2D eigenvalue weighted by Gasteiger charge is -2.38. The van der Waals surface area contributed by atoms with Gasteiger partial charge in [0.05, 0.1) is 18.0 Å². The van der Waals surface area contributed by atoms with Crippen molar-refractivity contribution in [3.63, 3.8) is 0 Å². The van der Waals surface area contributed by atoms with E-state index in [1.807, 2.05) is 31.3 Å². The van der Waals surface area contributed by atoms with Crippen molar-refractivity contribution in [1.82, 2.24) is 19.9 Å². The summed E-state index contributed by atoms with van der Waals surface area (Å²) in [6.45, 7) is 1.75. The first-order valence-electron chi connectivity index (χ1n) is 10.9. The summed E-state index contributed by atoms with van der Waals surface area (Å²) in [5.41, 5.74) is 3.22. The maximum Gasteiger partial charge on any atom is 0.177 e. The minimum Gasteiger partial charge on any atom is -0.369 e. The van der Waals surface area contributed by atoms with Crippen molar-refractivity contribution in [3.05, 3.63) is 41.6 Å². The minimum atomic E-state index is -3.22. The predicted molar refractivity (Wildman–Crippen MR) is 128 cm³/mol. The first-order valence-corrected chi connectivity index (χ1v) is 12.9. The Balaban J connectivity index is 1.50. The lowest BCUT2D eigenvalue weighted by Crippen LogP contribution is -2.56. The number of hydrogen-bond donors (Lipinski definition) is 3. The monoisotopic (exact) mass is 466 g/mol. The van der Waals surface area contributed by atoms with E-state index >= 15 is 0 Å². The fourth-order valence-electron chi connectivity index (χ4n) is 3.94. The number of nitriles is 1. The lowest BCUT2D eigenvalue weighted by atomic mass is 10.1. The summed E-state index contributed by atoms with van der Waals surface area (Å²) in [5.74, 6) is 1.26. The highest BCUT2D eigenvalue weighted by atomic mass is 32.2. The van der Waals surface area contributed by atoms with Crippen LogP contribution in [0, 0.1) is 11.3 Å². The highest BCUT2D eigenvalue weighted by molar-refractivity contribution is 7.89. The van der Waals surface area contributed by atoms with Crippen LogP contribution in [0.1, 0.15) is 24.0 Å². The summed E-state index contributed by atoms with van der Waals surface area (Å²) >= 11 is 0. The van der Waals surface area contributed by atoms with Gasteiger partial charge in [-0.05, 0) is 36.6 Å². The zero-order valence-electron chi connectivity index (χ0n) is 18.5. The number of fused-ring (bicyclic) bond motifs is 1. The molecular formula is C22H26N8O2S. The predicted octanol–water partition coefficient (Wildman–Crippen LogP) is 1.87. The SMILES string of the molecule is CN(c1ccc(Nc2cc(NC3CC3)n3ncc(C#N)c3n2)cc1CS(C)(=O)=O)C1CNC1. The molecule has 10 nitrogen and oxygen atoms in total. The fraction of sp³-hybridized carbons (Fsp3) is 0.409. The summed E-state index contributed by atoms with van der Waals surface area (Å²) in [4.78, 5) is 6.73. The third kappa shape index (κ3) is 4.58. The average Bonchev–Trinajstić information content (AvgIpc) is 3.42. The molecule has 1 aliphatic carbocycles. The van der Waals surface area contributed by atoms with Crippen LogP contribution >= 0.6 is 0 Å². The summed E-state index contributed by atoms with van der Waals surface area (Å²) in [6, 6.07) is 10.5. The van der Waals surface area contributed by atoms with Gasteiger partial charge < -0.3 is 20.9 Å². The van der Waals surface area contributed by atoms with Gasteiger partial charge in [0.2, 0.25) is 0 Å². The molecule has 3 aromatic rings. The van der Waals surface area contributed by atoms with Crippen molar-refractivity contribution >= 4 is 38.5 Å². The van der Waals surface area contributed by atoms with Crippen LogP contribution in [-0.4, -0.2) is 61.5 Å². The topological polar surface area (TPSA) is 127 Å². The van der Waals surface area contributed by atoms with E-state index in [9.17, 15) is 13.7 Å². The van der Waals surface area contributed by atoms with Gasteiger partial charge in [-0.2, -0.15) is 14.9 Å². The van der Waals surface area contributed by atoms with E-state index < -0.39 is 9.84 Å². The standard InChI is InChI=1S/C22H26N8O2S/c1-29(18-11-24-12-18)19-6-5-17(7-14(19)13-33(2,31)32)26-20-8-21(27-16-3-4-16)30-22(28-20)15(9-23)10-25-30/h5-8,10,16,18,24,27H,3-4,11-13H2,1-2H3,(H,26,28). The van der Waals surface area contributed by atoms with Crippen molar-refractivity contribution in [2.45, 2.75) is 30.7 Å². The molecule has 1 saturated carbocycles. The molecule has 3 heterocycles. The van der Waals surface area contributed by atoms with Crippen LogP contribution in [0.15, 0.2) is 30.5 Å². The summed E-state index contributed by atoms with van der Waals surface area (Å²) in [6.07, 6.45) is 4.95. The van der Waals surface area contributed by atoms with Gasteiger partial charge in [0.25, 0.3) is 0 Å². The number of hydrogen-bond acceptors (Lipinski definition) is 9. The molecule has 0 amide bonds. The first-order chi connectivity index (χ1) is 15.8. The van der Waals surface area contributed by atoms with E-state index in [1.165, 1.54) is 12.5 Å². The smallest absolute Gasteiger partial charge is 0.177 e. The van der Waals surface area contributed by atoms with Crippen LogP contribution in [0.25, 0.3) is 5.65 Å². The Hall–Kier alpha value is -3.36. The van der Waals surface area contributed by atoms with Gasteiger partial charge in [-0.25, -0.2) is 13.4 Å². The van der Waals surface area contributed by atoms with Gasteiger partial charge in [0, 0.05) is 49.9 Å². The molecule has 0 bridgehead atoms.